The van der Waals surface area contributed by atoms with Gasteiger partial charge in [-0.05, 0) is 100 Å². The van der Waals surface area contributed by atoms with Gasteiger partial charge in [-0.15, -0.1) is 0 Å². The molecule has 0 saturated heterocycles. The average Bonchev–Trinajstić information content (AvgIpc) is 2.62. The normalized spacial score (nSPS) is 40.6. The van der Waals surface area contributed by atoms with Crippen molar-refractivity contribution in [1.29, 1.82) is 0 Å². The Bertz CT molecular complexity index is 373. The van der Waals surface area contributed by atoms with Crippen LogP contribution >= 0.6 is 0 Å². The van der Waals surface area contributed by atoms with Gasteiger partial charge < -0.3 is 0 Å². The van der Waals surface area contributed by atoms with Crippen molar-refractivity contribution in [2.45, 2.75) is 104 Å². The van der Waals surface area contributed by atoms with E-state index in [1.165, 1.54) is 32.1 Å². The molecule has 0 N–H and O–H groups in total. The first-order valence-electron chi connectivity index (χ1n) is 11.4. The van der Waals surface area contributed by atoms with Gasteiger partial charge in [-0.2, -0.15) is 0 Å². The van der Waals surface area contributed by atoms with Crippen LogP contribution in [0.3, 0.4) is 0 Å². The Balaban J connectivity index is 1.42. The van der Waals surface area contributed by atoms with Crippen molar-refractivity contribution in [2.75, 3.05) is 0 Å². The van der Waals surface area contributed by atoms with Crippen molar-refractivity contribution in [1.82, 2.24) is 0 Å². The fraction of sp³-hybridized carbons (Fsp3) is 0.917. The second kappa shape index (κ2) is 9.44. The molecule has 1 unspecified atom stereocenters. The van der Waals surface area contributed by atoms with Gasteiger partial charge in [0.15, 0.2) is 0 Å². The van der Waals surface area contributed by atoms with Crippen LogP contribution in [0.25, 0.3) is 0 Å². The minimum Gasteiger partial charge on any atom is -0.0917 e. The summed E-state index contributed by atoms with van der Waals surface area (Å²) < 4.78 is 0. The zero-order chi connectivity index (χ0) is 16.8. The Morgan fingerprint density at radius 3 is 1.96 bits per heavy atom. The van der Waals surface area contributed by atoms with E-state index in [4.69, 9.17) is 0 Å². The van der Waals surface area contributed by atoms with E-state index >= 15 is 0 Å². The van der Waals surface area contributed by atoms with E-state index in [1.807, 2.05) is 0 Å². The zero-order valence-electron chi connectivity index (χ0n) is 16.5. The van der Waals surface area contributed by atoms with Crippen molar-refractivity contribution < 1.29 is 0 Å². The van der Waals surface area contributed by atoms with Crippen LogP contribution in [0.15, 0.2) is 12.2 Å². The summed E-state index contributed by atoms with van der Waals surface area (Å²) in [4.78, 5) is 0. The van der Waals surface area contributed by atoms with Gasteiger partial charge in [0, 0.05) is 0 Å². The molecule has 0 amide bonds. The molecule has 0 nitrogen and oxygen atoms in total. The molecule has 0 heteroatoms. The van der Waals surface area contributed by atoms with Crippen molar-refractivity contribution >= 4 is 0 Å². The van der Waals surface area contributed by atoms with Crippen molar-refractivity contribution in [3.8, 4) is 0 Å². The highest BCUT2D eigenvalue weighted by molar-refractivity contribution is 4.90. The maximum absolute atomic E-state index is 2.37. The molecule has 24 heavy (non-hydrogen) atoms. The van der Waals surface area contributed by atoms with Crippen LogP contribution in [0, 0.1) is 35.5 Å². The van der Waals surface area contributed by atoms with E-state index < -0.39 is 0 Å². The summed E-state index contributed by atoms with van der Waals surface area (Å²) in [5.74, 6) is 6.54. The summed E-state index contributed by atoms with van der Waals surface area (Å²) in [5, 5.41) is 0. The molecule has 0 aromatic rings. The summed E-state index contributed by atoms with van der Waals surface area (Å²) in [7, 11) is 0. The molecule has 0 aliphatic heterocycles. The van der Waals surface area contributed by atoms with Gasteiger partial charge >= 0.3 is 0 Å². The topological polar surface area (TPSA) is 0 Å². The summed E-state index contributed by atoms with van der Waals surface area (Å²) in [6.07, 6.45) is 25.9. The van der Waals surface area contributed by atoms with Gasteiger partial charge in [0.05, 0.1) is 0 Å². The second-order valence-electron chi connectivity index (χ2n) is 9.49. The Morgan fingerprint density at radius 2 is 1.25 bits per heavy atom. The summed E-state index contributed by atoms with van der Waals surface area (Å²) in [6, 6.07) is 0. The molecule has 3 rings (SSSR count). The average molecular weight is 331 g/mol. The van der Waals surface area contributed by atoms with Crippen LogP contribution in [0.5, 0.6) is 0 Å². The first-order valence-corrected chi connectivity index (χ1v) is 11.4. The lowest BCUT2D eigenvalue weighted by Crippen LogP contribution is -2.34. The first kappa shape index (κ1) is 18.5. The lowest BCUT2D eigenvalue weighted by molar-refractivity contribution is 0.0582. The van der Waals surface area contributed by atoms with Crippen molar-refractivity contribution in [2.24, 2.45) is 35.5 Å². The van der Waals surface area contributed by atoms with E-state index in [0.29, 0.717) is 0 Å². The fourth-order valence-corrected chi connectivity index (χ4v) is 6.57. The Kier molecular flexibility index (Phi) is 7.29. The summed E-state index contributed by atoms with van der Waals surface area (Å²) in [5.41, 5.74) is 0. The Hall–Kier alpha value is -0.260. The molecule has 0 spiro atoms. The number of allylic oxidation sites excluding steroid dienone is 2. The number of hydrogen-bond donors (Lipinski definition) is 0. The highest BCUT2D eigenvalue weighted by Gasteiger charge is 2.38. The maximum Gasteiger partial charge on any atom is -0.0348 e. The predicted molar refractivity (Wildman–Crippen MR) is 106 cm³/mol. The fourth-order valence-electron chi connectivity index (χ4n) is 6.57. The van der Waals surface area contributed by atoms with Crippen LogP contribution in [0.1, 0.15) is 104 Å². The minimum atomic E-state index is 1.04. The summed E-state index contributed by atoms with van der Waals surface area (Å²) in [6.45, 7) is 4.52. The molecule has 4 atom stereocenters. The van der Waals surface area contributed by atoms with Crippen molar-refractivity contribution in [3.63, 3.8) is 0 Å². The van der Waals surface area contributed by atoms with E-state index in [9.17, 15) is 0 Å². The molecule has 3 saturated carbocycles. The minimum absolute atomic E-state index is 1.04. The predicted octanol–water partition coefficient (Wildman–Crippen LogP) is 7.78. The lowest BCUT2D eigenvalue weighted by Gasteiger charge is -2.45. The SMILES string of the molecule is C/C=C/CCC1CC[C@@H]2C[C@H](C3CCC(CCC)CC3)CC[C@@H]2C1. The lowest BCUT2D eigenvalue weighted by atomic mass is 9.60. The van der Waals surface area contributed by atoms with E-state index in [1.54, 1.807) is 57.8 Å². The van der Waals surface area contributed by atoms with Gasteiger partial charge in [-0.1, -0.05) is 51.2 Å². The summed E-state index contributed by atoms with van der Waals surface area (Å²) >= 11 is 0. The van der Waals surface area contributed by atoms with Gasteiger partial charge in [-0.25, -0.2) is 0 Å². The van der Waals surface area contributed by atoms with Gasteiger partial charge in [-0.3, -0.25) is 0 Å². The monoisotopic (exact) mass is 330 g/mol. The molecule has 3 fully saturated rings. The first-order chi connectivity index (χ1) is 11.8. The Labute approximate surface area is 151 Å². The molecule has 0 aromatic carbocycles. The molecule has 138 valence electrons. The van der Waals surface area contributed by atoms with Gasteiger partial charge in [0.1, 0.15) is 0 Å². The molecular formula is C24H42. The highest BCUT2D eigenvalue weighted by Crippen LogP contribution is 2.49. The quantitative estimate of drug-likeness (QED) is 0.436. The number of fused-ring (bicyclic) bond motifs is 1. The van der Waals surface area contributed by atoms with Gasteiger partial charge in [0.2, 0.25) is 0 Å². The molecule has 0 aromatic heterocycles. The zero-order valence-corrected chi connectivity index (χ0v) is 16.5. The van der Waals surface area contributed by atoms with Crippen LogP contribution < -0.4 is 0 Å². The third kappa shape index (κ3) is 4.89. The molecule has 3 aliphatic carbocycles. The third-order valence-corrected chi connectivity index (χ3v) is 7.99. The molecule has 3 aliphatic rings. The number of rotatable bonds is 6. The van der Waals surface area contributed by atoms with Gasteiger partial charge in [0.25, 0.3) is 0 Å². The van der Waals surface area contributed by atoms with Crippen LogP contribution in [0.2, 0.25) is 0 Å². The largest absolute Gasteiger partial charge is 0.0917 e. The van der Waals surface area contributed by atoms with Crippen LogP contribution in [0.4, 0.5) is 0 Å². The molecule has 0 bridgehead atoms. The molecule has 0 radical (unpaired) electrons. The third-order valence-electron chi connectivity index (χ3n) is 7.99. The molecule has 0 heterocycles. The highest BCUT2D eigenvalue weighted by atomic mass is 14.4. The number of hydrogen-bond acceptors (Lipinski definition) is 0. The second-order valence-corrected chi connectivity index (χ2v) is 9.49. The smallest absolute Gasteiger partial charge is 0.0348 e. The Morgan fingerprint density at radius 1 is 0.667 bits per heavy atom. The van der Waals surface area contributed by atoms with Crippen LogP contribution in [-0.4, -0.2) is 0 Å². The maximum atomic E-state index is 2.37. The van der Waals surface area contributed by atoms with E-state index in [0.717, 1.165) is 35.5 Å². The van der Waals surface area contributed by atoms with Crippen LogP contribution in [-0.2, 0) is 0 Å². The van der Waals surface area contributed by atoms with Crippen molar-refractivity contribution in [3.05, 3.63) is 12.2 Å². The van der Waals surface area contributed by atoms with E-state index in [-0.39, 0.29) is 0 Å². The molecular weight excluding hydrogens is 288 g/mol. The standard InChI is InChI=1S/C24H42/c1-3-5-6-8-20-11-14-24-18-23(16-15-22(24)17-20)21-12-9-19(7-4-2)10-13-21/h3,5,19-24H,4,6-18H2,1-2H3/b5-3+/t19?,20?,21?,22-,23-,24-/m1/s1. The van der Waals surface area contributed by atoms with E-state index in [2.05, 4.69) is 26.0 Å².